The van der Waals surface area contributed by atoms with Gasteiger partial charge in [-0.05, 0) is 63.5 Å². The van der Waals surface area contributed by atoms with E-state index in [0.717, 1.165) is 23.9 Å². The summed E-state index contributed by atoms with van der Waals surface area (Å²) in [5.74, 6) is 1.83. The first-order valence-corrected chi connectivity index (χ1v) is 8.68. The van der Waals surface area contributed by atoms with E-state index in [1.165, 1.54) is 64.6 Å². The average Bonchev–Trinajstić information content (AvgIpc) is 2.39. The Labute approximate surface area is 120 Å². The average molecular weight is 266 g/mol. The Morgan fingerprint density at radius 2 is 1.95 bits per heavy atom. The van der Waals surface area contributed by atoms with Gasteiger partial charge in [-0.2, -0.15) is 0 Å². The van der Waals surface area contributed by atoms with Crippen molar-refractivity contribution in [3.63, 3.8) is 0 Å². The highest BCUT2D eigenvalue weighted by Crippen LogP contribution is 2.32. The first kappa shape index (κ1) is 15.3. The highest BCUT2D eigenvalue weighted by atomic mass is 15.2. The van der Waals surface area contributed by atoms with Gasteiger partial charge in [0.05, 0.1) is 0 Å². The standard InChI is InChI=1S/C17H34N2/c1-4-11-19(13-16-7-5-6-10-18-16)17-9-8-14(2)12-15(17)3/h14-18H,4-13H2,1-3H3. The maximum Gasteiger partial charge on any atom is 0.0195 e. The van der Waals surface area contributed by atoms with Crippen LogP contribution in [0, 0.1) is 11.8 Å². The van der Waals surface area contributed by atoms with Gasteiger partial charge in [-0.3, -0.25) is 4.90 Å². The molecule has 4 atom stereocenters. The van der Waals surface area contributed by atoms with Crippen LogP contribution in [0.5, 0.6) is 0 Å². The maximum absolute atomic E-state index is 3.73. The molecule has 1 aliphatic heterocycles. The molecule has 2 aliphatic rings. The number of hydrogen-bond donors (Lipinski definition) is 1. The first-order chi connectivity index (χ1) is 9.20. The Bertz CT molecular complexity index is 248. The molecule has 112 valence electrons. The summed E-state index contributed by atoms with van der Waals surface area (Å²) in [5, 5.41) is 3.73. The van der Waals surface area contributed by atoms with Gasteiger partial charge in [0.25, 0.3) is 0 Å². The highest BCUT2D eigenvalue weighted by molar-refractivity contribution is 4.86. The molecule has 1 heterocycles. The van der Waals surface area contributed by atoms with Crippen LogP contribution >= 0.6 is 0 Å². The Balaban J connectivity index is 1.90. The predicted molar refractivity (Wildman–Crippen MR) is 83.5 cm³/mol. The van der Waals surface area contributed by atoms with Crippen molar-refractivity contribution in [3.05, 3.63) is 0 Å². The zero-order chi connectivity index (χ0) is 13.7. The van der Waals surface area contributed by atoms with Crippen molar-refractivity contribution in [2.24, 2.45) is 11.8 Å². The van der Waals surface area contributed by atoms with Gasteiger partial charge in [0.1, 0.15) is 0 Å². The van der Waals surface area contributed by atoms with Crippen molar-refractivity contribution in [1.29, 1.82) is 0 Å². The minimum atomic E-state index is 0.756. The fourth-order valence-corrected chi connectivity index (χ4v) is 4.23. The molecule has 0 aromatic carbocycles. The Morgan fingerprint density at radius 3 is 2.58 bits per heavy atom. The Hall–Kier alpha value is -0.0800. The summed E-state index contributed by atoms with van der Waals surface area (Å²) in [5.41, 5.74) is 0. The molecule has 0 bridgehead atoms. The van der Waals surface area contributed by atoms with Crippen LogP contribution in [-0.2, 0) is 0 Å². The van der Waals surface area contributed by atoms with E-state index >= 15 is 0 Å². The molecule has 0 aromatic rings. The molecule has 1 N–H and O–H groups in total. The summed E-state index contributed by atoms with van der Waals surface area (Å²) in [6, 6.07) is 1.60. The fraction of sp³-hybridized carbons (Fsp3) is 1.00. The molecule has 2 rings (SSSR count). The molecule has 19 heavy (non-hydrogen) atoms. The van der Waals surface area contributed by atoms with E-state index in [9.17, 15) is 0 Å². The lowest BCUT2D eigenvalue weighted by Crippen LogP contribution is -2.50. The van der Waals surface area contributed by atoms with Crippen molar-refractivity contribution in [3.8, 4) is 0 Å². The van der Waals surface area contributed by atoms with Crippen LogP contribution < -0.4 is 5.32 Å². The third-order valence-corrected chi connectivity index (χ3v) is 5.23. The van der Waals surface area contributed by atoms with Crippen molar-refractivity contribution >= 4 is 0 Å². The molecule has 0 amide bonds. The first-order valence-electron chi connectivity index (χ1n) is 8.68. The van der Waals surface area contributed by atoms with Gasteiger partial charge in [-0.25, -0.2) is 0 Å². The summed E-state index contributed by atoms with van der Waals surface area (Å²) in [4.78, 5) is 2.82. The maximum atomic E-state index is 3.73. The van der Waals surface area contributed by atoms with Crippen LogP contribution in [0.1, 0.15) is 65.7 Å². The van der Waals surface area contributed by atoms with Crippen LogP contribution in [-0.4, -0.2) is 36.6 Å². The van der Waals surface area contributed by atoms with Crippen molar-refractivity contribution in [2.45, 2.75) is 77.8 Å². The molecule has 0 spiro atoms. The molecule has 4 unspecified atom stereocenters. The third kappa shape index (κ3) is 4.46. The van der Waals surface area contributed by atoms with Crippen molar-refractivity contribution in [1.82, 2.24) is 10.2 Å². The van der Waals surface area contributed by atoms with Gasteiger partial charge in [-0.15, -0.1) is 0 Å². The van der Waals surface area contributed by atoms with Crippen LogP contribution in [0.2, 0.25) is 0 Å². The Kier molecular flexibility index (Phi) is 6.15. The topological polar surface area (TPSA) is 15.3 Å². The van der Waals surface area contributed by atoms with Gasteiger partial charge in [0.15, 0.2) is 0 Å². The van der Waals surface area contributed by atoms with E-state index < -0.39 is 0 Å². The number of nitrogens with zero attached hydrogens (tertiary/aromatic N) is 1. The van der Waals surface area contributed by atoms with Gasteiger partial charge in [-0.1, -0.05) is 27.2 Å². The van der Waals surface area contributed by atoms with E-state index in [2.05, 4.69) is 31.0 Å². The number of hydrogen-bond acceptors (Lipinski definition) is 2. The molecule has 1 aliphatic carbocycles. The van der Waals surface area contributed by atoms with E-state index in [1.54, 1.807) is 0 Å². The molecular weight excluding hydrogens is 232 g/mol. The molecule has 0 radical (unpaired) electrons. The third-order valence-electron chi connectivity index (χ3n) is 5.23. The van der Waals surface area contributed by atoms with Gasteiger partial charge >= 0.3 is 0 Å². The number of rotatable bonds is 5. The lowest BCUT2D eigenvalue weighted by atomic mass is 9.79. The van der Waals surface area contributed by atoms with E-state index in [4.69, 9.17) is 0 Å². The van der Waals surface area contributed by atoms with Gasteiger partial charge < -0.3 is 5.32 Å². The predicted octanol–water partition coefficient (Wildman–Crippen LogP) is 3.67. The quantitative estimate of drug-likeness (QED) is 0.817. The van der Waals surface area contributed by atoms with Crippen LogP contribution in [0.25, 0.3) is 0 Å². The van der Waals surface area contributed by atoms with E-state index in [-0.39, 0.29) is 0 Å². The van der Waals surface area contributed by atoms with Gasteiger partial charge in [0.2, 0.25) is 0 Å². The second kappa shape index (κ2) is 7.64. The van der Waals surface area contributed by atoms with Crippen LogP contribution in [0.4, 0.5) is 0 Å². The second-order valence-corrected chi connectivity index (χ2v) is 7.10. The number of nitrogens with one attached hydrogen (secondary N) is 1. The zero-order valence-corrected chi connectivity index (χ0v) is 13.3. The molecule has 1 saturated heterocycles. The summed E-state index contributed by atoms with van der Waals surface area (Å²) < 4.78 is 0. The molecular formula is C17H34N2. The largest absolute Gasteiger partial charge is 0.313 e. The van der Waals surface area contributed by atoms with Crippen molar-refractivity contribution in [2.75, 3.05) is 19.6 Å². The summed E-state index contributed by atoms with van der Waals surface area (Å²) >= 11 is 0. The van der Waals surface area contributed by atoms with E-state index in [1.807, 2.05) is 0 Å². The number of piperidine rings is 1. The summed E-state index contributed by atoms with van der Waals surface area (Å²) in [6.45, 7) is 11.1. The summed E-state index contributed by atoms with van der Waals surface area (Å²) in [6.07, 6.45) is 9.78. The molecule has 1 saturated carbocycles. The van der Waals surface area contributed by atoms with E-state index in [0.29, 0.717) is 0 Å². The molecule has 2 fully saturated rings. The SMILES string of the molecule is CCCN(CC1CCCCN1)C1CCC(C)CC1C. The fourth-order valence-electron chi connectivity index (χ4n) is 4.23. The highest BCUT2D eigenvalue weighted by Gasteiger charge is 2.30. The van der Waals surface area contributed by atoms with Crippen LogP contribution in [0.3, 0.4) is 0 Å². The lowest BCUT2D eigenvalue weighted by Gasteiger charge is -2.42. The minimum absolute atomic E-state index is 0.756. The van der Waals surface area contributed by atoms with Gasteiger partial charge in [0, 0.05) is 18.6 Å². The molecule has 2 heteroatoms. The minimum Gasteiger partial charge on any atom is -0.313 e. The Morgan fingerprint density at radius 1 is 1.11 bits per heavy atom. The lowest BCUT2D eigenvalue weighted by molar-refractivity contribution is 0.0805. The second-order valence-electron chi connectivity index (χ2n) is 7.10. The van der Waals surface area contributed by atoms with Crippen molar-refractivity contribution < 1.29 is 0 Å². The zero-order valence-electron chi connectivity index (χ0n) is 13.3. The monoisotopic (exact) mass is 266 g/mol. The normalized spacial score (nSPS) is 36.6. The summed E-state index contributed by atoms with van der Waals surface area (Å²) in [7, 11) is 0. The molecule has 0 aromatic heterocycles. The molecule has 2 nitrogen and oxygen atoms in total. The smallest absolute Gasteiger partial charge is 0.0195 e. The van der Waals surface area contributed by atoms with Crippen LogP contribution in [0.15, 0.2) is 0 Å².